The Morgan fingerprint density at radius 3 is 1.56 bits per heavy atom. The predicted octanol–water partition coefficient (Wildman–Crippen LogP) is 10.6. The molecule has 0 aromatic heterocycles. The van der Waals surface area contributed by atoms with E-state index in [1.807, 2.05) is 0 Å². The highest BCUT2D eigenvalue weighted by molar-refractivity contribution is 7.47. The second kappa shape index (κ2) is 37.8. The number of phosphoric acid groups is 1. The Morgan fingerprint density at radius 2 is 1.02 bits per heavy atom. The van der Waals surface area contributed by atoms with Gasteiger partial charge in [0.05, 0.1) is 13.2 Å². The van der Waals surface area contributed by atoms with Gasteiger partial charge in [0.1, 0.15) is 12.6 Å². The summed E-state index contributed by atoms with van der Waals surface area (Å²) in [6.45, 7) is 2.59. The summed E-state index contributed by atoms with van der Waals surface area (Å²) in [5.41, 5.74) is 5.32. The number of hydrogen-bond acceptors (Lipinski definition) is 9. The smallest absolute Gasteiger partial charge is 0.472 e. The Balaban J connectivity index is 4.49. The zero-order valence-corrected chi connectivity index (χ0v) is 34.6. The van der Waals surface area contributed by atoms with Crippen LogP contribution in [0.15, 0.2) is 72.9 Å². The highest BCUT2D eigenvalue weighted by atomic mass is 31.2. The molecule has 1 unspecified atom stereocenters. The van der Waals surface area contributed by atoms with Crippen LogP contribution in [0.1, 0.15) is 149 Å². The van der Waals surface area contributed by atoms with E-state index in [2.05, 4.69) is 91.3 Å². The first-order valence-corrected chi connectivity index (χ1v) is 22.0. The fraction of sp³-hybridized carbons (Fsp3) is 0.651. The Morgan fingerprint density at radius 1 is 0.582 bits per heavy atom. The number of phosphoric ester groups is 1. The van der Waals surface area contributed by atoms with E-state index in [0.717, 1.165) is 89.9 Å². The van der Waals surface area contributed by atoms with Gasteiger partial charge in [-0.2, -0.15) is 0 Å². The number of unbranched alkanes of at least 4 members (excludes halogenated alkanes) is 11. The molecule has 314 valence electrons. The fourth-order valence-corrected chi connectivity index (χ4v) is 5.74. The lowest BCUT2D eigenvalue weighted by molar-refractivity contribution is -0.161. The lowest BCUT2D eigenvalue weighted by atomic mass is 10.1. The zero-order chi connectivity index (χ0) is 40.7. The zero-order valence-electron chi connectivity index (χ0n) is 33.7. The molecule has 0 aliphatic rings. The highest BCUT2D eigenvalue weighted by Gasteiger charge is 2.28. The van der Waals surface area contributed by atoms with Gasteiger partial charge in [-0.1, -0.05) is 125 Å². The van der Waals surface area contributed by atoms with Gasteiger partial charge in [-0.05, 0) is 83.5 Å². The molecule has 11 nitrogen and oxygen atoms in total. The van der Waals surface area contributed by atoms with Crippen LogP contribution in [0, 0.1) is 0 Å². The molecule has 0 saturated carbocycles. The minimum absolute atomic E-state index is 0.117. The molecule has 0 amide bonds. The first-order valence-electron chi connectivity index (χ1n) is 20.5. The molecule has 0 aromatic carbocycles. The predicted molar refractivity (Wildman–Crippen MR) is 221 cm³/mol. The van der Waals surface area contributed by atoms with Crippen LogP contribution in [0.25, 0.3) is 0 Å². The summed E-state index contributed by atoms with van der Waals surface area (Å²) in [6, 6.07) is -1.53. The molecule has 0 radical (unpaired) electrons. The van der Waals surface area contributed by atoms with E-state index in [9.17, 15) is 23.8 Å². The largest absolute Gasteiger partial charge is 0.480 e. The lowest BCUT2D eigenvalue weighted by Gasteiger charge is -2.20. The molecule has 3 atom stereocenters. The molecule has 12 heteroatoms. The van der Waals surface area contributed by atoms with Crippen molar-refractivity contribution in [2.45, 2.75) is 161 Å². The molecule has 4 N–H and O–H groups in total. The number of rotatable bonds is 37. The Bertz CT molecular complexity index is 1210. The van der Waals surface area contributed by atoms with Crippen molar-refractivity contribution in [3.63, 3.8) is 0 Å². The number of nitrogens with two attached hydrogens (primary N) is 1. The van der Waals surface area contributed by atoms with Crippen LogP contribution in [-0.2, 0) is 37.5 Å². The maximum absolute atomic E-state index is 12.6. The molecule has 55 heavy (non-hydrogen) atoms. The minimum Gasteiger partial charge on any atom is -0.480 e. The van der Waals surface area contributed by atoms with Gasteiger partial charge in [-0.25, -0.2) is 4.57 Å². The highest BCUT2D eigenvalue weighted by Crippen LogP contribution is 2.43. The van der Waals surface area contributed by atoms with Gasteiger partial charge in [0.15, 0.2) is 6.10 Å². The summed E-state index contributed by atoms with van der Waals surface area (Å²) >= 11 is 0. The molecule has 0 saturated heterocycles. The van der Waals surface area contributed by atoms with E-state index in [4.69, 9.17) is 24.8 Å². The number of ether oxygens (including phenoxy) is 2. The van der Waals surface area contributed by atoms with E-state index < -0.39 is 51.1 Å². The van der Waals surface area contributed by atoms with Crippen molar-refractivity contribution in [3.05, 3.63) is 72.9 Å². The number of carbonyl (C=O) groups excluding carboxylic acids is 2. The summed E-state index contributed by atoms with van der Waals surface area (Å²) in [5.74, 6) is -2.44. The van der Waals surface area contributed by atoms with Crippen molar-refractivity contribution >= 4 is 25.7 Å². The second-order valence-corrected chi connectivity index (χ2v) is 14.8. The third-order valence-electron chi connectivity index (χ3n) is 8.19. The summed E-state index contributed by atoms with van der Waals surface area (Å²) in [7, 11) is -4.73. The lowest BCUT2D eigenvalue weighted by Crippen LogP contribution is -2.34. The monoisotopic (exact) mass is 793 g/mol. The Hall–Kier alpha value is -3.08. The van der Waals surface area contributed by atoms with Crippen LogP contribution in [0.5, 0.6) is 0 Å². The first kappa shape index (κ1) is 51.9. The van der Waals surface area contributed by atoms with Crippen LogP contribution in [0.2, 0.25) is 0 Å². The van der Waals surface area contributed by atoms with Crippen molar-refractivity contribution < 1.29 is 47.5 Å². The molecule has 0 heterocycles. The third kappa shape index (κ3) is 37.6. The maximum atomic E-state index is 12.6. The summed E-state index contributed by atoms with van der Waals surface area (Å²) in [6.07, 6.45) is 44.0. The maximum Gasteiger partial charge on any atom is 0.472 e. The third-order valence-corrected chi connectivity index (χ3v) is 9.14. The summed E-state index contributed by atoms with van der Waals surface area (Å²) in [4.78, 5) is 45.8. The number of carbonyl (C=O) groups is 3. The van der Waals surface area contributed by atoms with Crippen molar-refractivity contribution in [2.24, 2.45) is 5.73 Å². The van der Waals surface area contributed by atoms with E-state index in [1.54, 1.807) is 0 Å². The van der Waals surface area contributed by atoms with Gasteiger partial charge in [0, 0.05) is 12.8 Å². The number of aliphatic carboxylic acids is 1. The van der Waals surface area contributed by atoms with Crippen molar-refractivity contribution in [1.82, 2.24) is 0 Å². The van der Waals surface area contributed by atoms with Crippen molar-refractivity contribution in [1.29, 1.82) is 0 Å². The fourth-order valence-electron chi connectivity index (χ4n) is 4.97. The van der Waals surface area contributed by atoms with Gasteiger partial charge in [-0.3, -0.25) is 23.4 Å². The van der Waals surface area contributed by atoms with E-state index in [-0.39, 0.29) is 19.4 Å². The van der Waals surface area contributed by atoms with Crippen LogP contribution in [0.3, 0.4) is 0 Å². The molecule has 0 aliphatic heterocycles. The van der Waals surface area contributed by atoms with Crippen molar-refractivity contribution in [2.75, 3.05) is 19.8 Å². The second-order valence-electron chi connectivity index (χ2n) is 13.4. The molecular formula is C43H72NO10P. The Labute approximate surface area is 331 Å². The van der Waals surface area contributed by atoms with Gasteiger partial charge in [0.25, 0.3) is 0 Å². The molecule has 0 aliphatic carbocycles. The van der Waals surface area contributed by atoms with Crippen LogP contribution >= 0.6 is 7.82 Å². The molecule has 0 aromatic rings. The summed E-state index contributed by atoms with van der Waals surface area (Å²) < 4.78 is 32.6. The Kier molecular flexibility index (Phi) is 35.7. The average Bonchev–Trinajstić information content (AvgIpc) is 3.16. The minimum atomic E-state index is -4.73. The summed E-state index contributed by atoms with van der Waals surface area (Å²) in [5, 5.41) is 8.87. The SMILES string of the molecule is CC/C=C/C/C=C/C/C=C/C/C=C/C/C=C/CCCCCC(=O)O[C@@H](COC(=O)CCCCCCC/C=C/CCCCC)COP(=O)(O)OC[C@H](N)C(=O)O. The molecule has 0 bridgehead atoms. The van der Waals surface area contributed by atoms with Gasteiger partial charge < -0.3 is 25.2 Å². The molecule has 0 rings (SSSR count). The van der Waals surface area contributed by atoms with Crippen LogP contribution in [0.4, 0.5) is 0 Å². The average molecular weight is 794 g/mol. The number of hydrogen-bond donors (Lipinski definition) is 3. The van der Waals surface area contributed by atoms with Gasteiger partial charge in [0.2, 0.25) is 0 Å². The number of allylic oxidation sites excluding steroid dienone is 12. The molecular weight excluding hydrogens is 721 g/mol. The normalized spacial score (nSPS) is 14.5. The molecule has 0 spiro atoms. The number of carboxylic acid groups (broad SMARTS) is 1. The van der Waals surface area contributed by atoms with E-state index in [1.165, 1.54) is 19.3 Å². The standard InChI is InChI=1S/C43H72NO10P/c1-3-5-7-9-11-13-15-17-18-19-20-21-22-23-25-27-29-31-33-35-42(46)54-39(37-52-55(49,50)53-38-40(44)43(47)48)36-51-41(45)34-32-30-28-26-24-16-14-12-10-8-6-4-2/h5,7,11-14,17-18,20-21,23,25,39-40H,3-4,6,8-10,15-16,19,22,24,26-38,44H2,1-2H3,(H,47,48)(H,49,50)/b7-5+,13-11+,14-12+,18-17+,21-20+,25-23+/t39-,40-/m0/s1. The van der Waals surface area contributed by atoms with Crippen LogP contribution in [-0.4, -0.2) is 59.9 Å². The number of carboxylic acids is 1. The van der Waals surface area contributed by atoms with E-state index in [0.29, 0.717) is 12.8 Å². The van der Waals surface area contributed by atoms with Gasteiger partial charge >= 0.3 is 25.7 Å². The first-order chi connectivity index (χ1) is 26.6. The van der Waals surface area contributed by atoms with E-state index >= 15 is 0 Å². The topological polar surface area (TPSA) is 172 Å². The molecule has 0 fully saturated rings. The number of esters is 2. The van der Waals surface area contributed by atoms with Crippen LogP contribution < -0.4 is 5.73 Å². The quantitative estimate of drug-likeness (QED) is 0.0236. The van der Waals surface area contributed by atoms with Gasteiger partial charge in [-0.15, -0.1) is 0 Å². The van der Waals surface area contributed by atoms with Crippen molar-refractivity contribution in [3.8, 4) is 0 Å².